The third kappa shape index (κ3) is 3.47. The lowest BCUT2D eigenvalue weighted by atomic mass is 9.85. The van der Waals surface area contributed by atoms with E-state index < -0.39 is 17.4 Å². The van der Waals surface area contributed by atoms with Crippen LogP contribution in [0.3, 0.4) is 0 Å². The maximum absolute atomic E-state index is 12.3. The van der Waals surface area contributed by atoms with E-state index in [9.17, 15) is 14.7 Å². The minimum Gasteiger partial charge on any atom is -0.481 e. The van der Waals surface area contributed by atoms with Crippen LogP contribution in [0.15, 0.2) is 0 Å². The maximum Gasteiger partial charge on any atom is 0.317 e. The van der Waals surface area contributed by atoms with Gasteiger partial charge in [-0.25, -0.2) is 4.79 Å². The number of likely N-dealkylation sites (tertiary alicyclic amines) is 1. The van der Waals surface area contributed by atoms with Crippen molar-refractivity contribution in [2.45, 2.75) is 32.2 Å². The van der Waals surface area contributed by atoms with Crippen molar-refractivity contribution in [3.05, 3.63) is 0 Å². The standard InChI is InChI=1S/C14H24N2O5/c1-14(12(18)19)9-21-8-11(14)15-13(20)16-5-2-3-10(7-16)4-6-17/h10-11,17H,2-9H2,1H3,(H,15,20)(H,18,19). The lowest BCUT2D eigenvalue weighted by Crippen LogP contribution is -2.54. The molecule has 2 aliphatic rings. The Hall–Kier alpha value is -1.34. The number of piperidine rings is 1. The van der Waals surface area contributed by atoms with Gasteiger partial charge in [-0.1, -0.05) is 0 Å². The van der Waals surface area contributed by atoms with E-state index in [0.717, 1.165) is 12.8 Å². The van der Waals surface area contributed by atoms with E-state index in [2.05, 4.69) is 5.32 Å². The van der Waals surface area contributed by atoms with Gasteiger partial charge in [0, 0.05) is 19.7 Å². The highest BCUT2D eigenvalue weighted by Crippen LogP contribution is 2.29. The number of amides is 2. The lowest BCUT2D eigenvalue weighted by molar-refractivity contribution is -0.148. The molecular weight excluding hydrogens is 276 g/mol. The number of carboxylic acids is 1. The van der Waals surface area contributed by atoms with E-state index in [4.69, 9.17) is 9.84 Å². The van der Waals surface area contributed by atoms with E-state index in [1.54, 1.807) is 11.8 Å². The van der Waals surface area contributed by atoms with Gasteiger partial charge in [0.1, 0.15) is 5.41 Å². The number of aliphatic hydroxyl groups excluding tert-OH is 1. The molecule has 2 heterocycles. The van der Waals surface area contributed by atoms with Gasteiger partial charge in [0.25, 0.3) is 0 Å². The quantitative estimate of drug-likeness (QED) is 0.692. The van der Waals surface area contributed by atoms with Gasteiger partial charge < -0.3 is 25.2 Å². The number of aliphatic carboxylic acids is 1. The fourth-order valence-corrected chi connectivity index (χ4v) is 2.99. The van der Waals surface area contributed by atoms with Crippen molar-refractivity contribution >= 4 is 12.0 Å². The molecule has 0 saturated carbocycles. The number of aliphatic hydroxyl groups is 1. The SMILES string of the molecule is CC1(C(=O)O)COCC1NC(=O)N1CCCC(CCO)C1. The van der Waals surface area contributed by atoms with E-state index in [-0.39, 0.29) is 25.9 Å². The third-order valence-corrected chi connectivity index (χ3v) is 4.59. The lowest BCUT2D eigenvalue weighted by Gasteiger charge is -2.34. The number of rotatable bonds is 4. The number of carbonyl (C=O) groups is 2. The van der Waals surface area contributed by atoms with E-state index in [0.29, 0.717) is 25.4 Å². The highest BCUT2D eigenvalue weighted by Gasteiger charge is 2.47. The van der Waals surface area contributed by atoms with Gasteiger partial charge in [0.15, 0.2) is 0 Å². The summed E-state index contributed by atoms with van der Waals surface area (Å²) in [5, 5.41) is 21.1. The molecule has 7 heteroatoms. The summed E-state index contributed by atoms with van der Waals surface area (Å²) in [6.07, 6.45) is 2.63. The Morgan fingerprint density at radius 3 is 2.90 bits per heavy atom. The summed E-state index contributed by atoms with van der Waals surface area (Å²) < 4.78 is 5.23. The van der Waals surface area contributed by atoms with E-state index in [1.807, 2.05) is 0 Å². The van der Waals surface area contributed by atoms with Crippen molar-refractivity contribution in [1.82, 2.24) is 10.2 Å². The molecule has 0 spiro atoms. The zero-order valence-electron chi connectivity index (χ0n) is 12.4. The number of ether oxygens (including phenoxy) is 1. The number of carboxylic acid groups (broad SMARTS) is 1. The summed E-state index contributed by atoms with van der Waals surface area (Å²) in [5.41, 5.74) is -1.07. The zero-order chi connectivity index (χ0) is 15.5. The number of nitrogens with one attached hydrogen (secondary N) is 1. The summed E-state index contributed by atoms with van der Waals surface area (Å²) in [7, 11) is 0. The smallest absolute Gasteiger partial charge is 0.317 e. The van der Waals surface area contributed by atoms with Crippen molar-refractivity contribution in [3.63, 3.8) is 0 Å². The van der Waals surface area contributed by atoms with Gasteiger partial charge in [-0.2, -0.15) is 0 Å². The second-order valence-corrected chi connectivity index (χ2v) is 6.21. The average molecular weight is 300 g/mol. The van der Waals surface area contributed by atoms with Crippen LogP contribution in [0.5, 0.6) is 0 Å². The molecule has 0 radical (unpaired) electrons. The first kappa shape index (κ1) is 16.0. The molecule has 7 nitrogen and oxygen atoms in total. The minimum absolute atomic E-state index is 0.112. The normalized spacial score (nSPS) is 33.0. The first-order valence-corrected chi connectivity index (χ1v) is 7.45. The molecule has 21 heavy (non-hydrogen) atoms. The Labute approximate surface area is 124 Å². The molecule has 0 aromatic heterocycles. The van der Waals surface area contributed by atoms with Crippen molar-refractivity contribution in [2.24, 2.45) is 11.3 Å². The molecule has 2 rings (SSSR count). The van der Waals surface area contributed by atoms with E-state index >= 15 is 0 Å². The molecule has 2 saturated heterocycles. The summed E-state index contributed by atoms with van der Waals surface area (Å²) in [4.78, 5) is 25.4. The van der Waals surface area contributed by atoms with Gasteiger partial charge in [-0.05, 0) is 32.1 Å². The molecular formula is C14H24N2O5. The first-order chi connectivity index (χ1) is 9.97. The maximum atomic E-state index is 12.3. The number of hydrogen-bond acceptors (Lipinski definition) is 4. The average Bonchev–Trinajstić information content (AvgIpc) is 2.82. The zero-order valence-corrected chi connectivity index (χ0v) is 12.4. The Morgan fingerprint density at radius 2 is 2.24 bits per heavy atom. The molecule has 3 unspecified atom stereocenters. The van der Waals surface area contributed by atoms with Crippen molar-refractivity contribution < 1.29 is 24.5 Å². The minimum atomic E-state index is -1.07. The van der Waals surface area contributed by atoms with Crippen molar-refractivity contribution in [1.29, 1.82) is 0 Å². The molecule has 2 fully saturated rings. The molecule has 0 aliphatic carbocycles. The summed E-state index contributed by atoms with van der Waals surface area (Å²) in [6, 6.07) is -0.749. The van der Waals surface area contributed by atoms with Crippen LogP contribution in [0.25, 0.3) is 0 Å². The second kappa shape index (κ2) is 6.62. The molecule has 2 amide bonds. The number of urea groups is 1. The van der Waals surface area contributed by atoms with Crippen molar-refractivity contribution in [3.8, 4) is 0 Å². The first-order valence-electron chi connectivity index (χ1n) is 7.45. The Morgan fingerprint density at radius 1 is 1.48 bits per heavy atom. The largest absolute Gasteiger partial charge is 0.481 e. The number of nitrogens with zero attached hydrogens (tertiary/aromatic N) is 1. The Kier molecular flexibility index (Phi) is 5.05. The van der Waals surface area contributed by atoms with Crippen LogP contribution in [0.1, 0.15) is 26.2 Å². The van der Waals surface area contributed by atoms with Gasteiger partial charge >= 0.3 is 12.0 Å². The number of hydrogen-bond donors (Lipinski definition) is 3. The van der Waals surface area contributed by atoms with Crippen LogP contribution in [0.2, 0.25) is 0 Å². The Balaban J connectivity index is 1.93. The topological polar surface area (TPSA) is 99.1 Å². The Bertz CT molecular complexity index is 401. The highest BCUT2D eigenvalue weighted by atomic mass is 16.5. The third-order valence-electron chi connectivity index (χ3n) is 4.59. The summed E-state index contributed by atoms with van der Waals surface area (Å²) in [5.74, 6) is -0.637. The number of carbonyl (C=O) groups excluding carboxylic acids is 1. The predicted molar refractivity (Wildman–Crippen MR) is 74.9 cm³/mol. The highest BCUT2D eigenvalue weighted by molar-refractivity contribution is 5.79. The second-order valence-electron chi connectivity index (χ2n) is 6.21. The van der Waals surface area contributed by atoms with Crippen LogP contribution in [-0.4, -0.2) is 66.1 Å². The van der Waals surface area contributed by atoms with Gasteiger partial charge in [0.05, 0.1) is 19.3 Å². The van der Waals surface area contributed by atoms with Crippen molar-refractivity contribution in [2.75, 3.05) is 32.9 Å². The summed E-state index contributed by atoms with van der Waals surface area (Å²) >= 11 is 0. The molecule has 0 aromatic rings. The molecule has 0 bridgehead atoms. The molecule has 3 N–H and O–H groups in total. The van der Waals surface area contributed by atoms with Crippen LogP contribution in [-0.2, 0) is 9.53 Å². The molecule has 3 atom stereocenters. The van der Waals surface area contributed by atoms with Gasteiger partial charge in [-0.15, -0.1) is 0 Å². The molecule has 120 valence electrons. The van der Waals surface area contributed by atoms with Crippen LogP contribution >= 0.6 is 0 Å². The predicted octanol–water partition coefficient (Wildman–Crippen LogP) is 0.280. The monoisotopic (exact) mass is 300 g/mol. The van der Waals surface area contributed by atoms with Crippen LogP contribution < -0.4 is 5.32 Å². The molecule has 2 aliphatic heterocycles. The van der Waals surface area contributed by atoms with Gasteiger partial charge in [-0.3, -0.25) is 4.79 Å². The van der Waals surface area contributed by atoms with E-state index in [1.165, 1.54) is 0 Å². The fourth-order valence-electron chi connectivity index (χ4n) is 2.99. The van der Waals surface area contributed by atoms with Gasteiger partial charge in [0.2, 0.25) is 0 Å². The summed E-state index contributed by atoms with van der Waals surface area (Å²) in [6.45, 7) is 3.35. The van der Waals surface area contributed by atoms with Crippen LogP contribution in [0.4, 0.5) is 4.79 Å². The van der Waals surface area contributed by atoms with Crippen LogP contribution in [0, 0.1) is 11.3 Å². The fraction of sp³-hybridized carbons (Fsp3) is 0.857. The molecule has 0 aromatic carbocycles.